The molecule has 24 heavy (non-hydrogen) atoms. The molecule has 1 unspecified atom stereocenters. The fourth-order valence-corrected chi connectivity index (χ4v) is 3.49. The molecule has 2 aromatic rings. The minimum Gasteiger partial charge on any atom is -0.354 e. The molecule has 1 aliphatic heterocycles. The van der Waals surface area contributed by atoms with Crippen molar-refractivity contribution >= 4 is 34.6 Å². The maximum absolute atomic E-state index is 13.2. The SMILES string of the molecule is Fc1ccc(NC(=S)N[C@@H]2CC[NH+](Cc3ccccc3)C2)cc1Cl. The van der Waals surface area contributed by atoms with E-state index in [1.165, 1.54) is 17.7 Å². The molecular formula is C18H20ClFN3S+. The van der Waals surface area contributed by atoms with Gasteiger partial charge in [0, 0.05) is 17.7 Å². The van der Waals surface area contributed by atoms with E-state index in [1.807, 2.05) is 6.07 Å². The Morgan fingerprint density at radius 3 is 2.79 bits per heavy atom. The molecule has 3 rings (SSSR count). The van der Waals surface area contributed by atoms with Gasteiger partial charge in [0.2, 0.25) is 0 Å². The van der Waals surface area contributed by atoms with E-state index in [4.69, 9.17) is 23.8 Å². The van der Waals surface area contributed by atoms with Gasteiger partial charge in [-0.2, -0.15) is 0 Å². The second kappa shape index (κ2) is 7.92. The Labute approximate surface area is 151 Å². The molecule has 0 aliphatic carbocycles. The van der Waals surface area contributed by atoms with Crippen molar-refractivity contribution in [1.29, 1.82) is 0 Å². The summed E-state index contributed by atoms with van der Waals surface area (Å²) in [7, 11) is 0. The Morgan fingerprint density at radius 1 is 1.25 bits per heavy atom. The Morgan fingerprint density at radius 2 is 2.04 bits per heavy atom. The Hall–Kier alpha value is -1.69. The van der Waals surface area contributed by atoms with Crippen molar-refractivity contribution in [1.82, 2.24) is 5.32 Å². The lowest BCUT2D eigenvalue weighted by molar-refractivity contribution is -0.901. The molecule has 6 heteroatoms. The molecule has 3 nitrogen and oxygen atoms in total. The number of nitrogens with one attached hydrogen (secondary N) is 3. The molecule has 1 fully saturated rings. The second-order valence-electron chi connectivity index (χ2n) is 6.08. The lowest BCUT2D eigenvalue weighted by Crippen LogP contribution is -3.09. The first-order valence-electron chi connectivity index (χ1n) is 8.00. The van der Waals surface area contributed by atoms with Gasteiger partial charge >= 0.3 is 0 Å². The summed E-state index contributed by atoms with van der Waals surface area (Å²) in [6.07, 6.45) is 1.08. The number of rotatable bonds is 4. The average molecular weight is 365 g/mol. The van der Waals surface area contributed by atoms with Crippen LogP contribution in [0.2, 0.25) is 5.02 Å². The molecule has 126 valence electrons. The van der Waals surface area contributed by atoms with E-state index in [9.17, 15) is 4.39 Å². The molecule has 1 aliphatic rings. The average Bonchev–Trinajstić information content (AvgIpc) is 2.99. The van der Waals surface area contributed by atoms with Crippen molar-refractivity contribution in [2.24, 2.45) is 0 Å². The quantitative estimate of drug-likeness (QED) is 0.728. The van der Waals surface area contributed by atoms with Crippen LogP contribution < -0.4 is 15.5 Å². The maximum Gasteiger partial charge on any atom is 0.171 e. The number of thiocarbonyl (C=S) groups is 1. The third kappa shape index (κ3) is 4.66. The summed E-state index contributed by atoms with van der Waals surface area (Å²) < 4.78 is 13.2. The summed E-state index contributed by atoms with van der Waals surface area (Å²) >= 11 is 11.1. The van der Waals surface area contributed by atoms with Crippen molar-refractivity contribution in [3.63, 3.8) is 0 Å². The highest BCUT2D eigenvalue weighted by Crippen LogP contribution is 2.19. The molecule has 3 N–H and O–H groups in total. The van der Waals surface area contributed by atoms with Gasteiger partial charge in [0.1, 0.15) is 12.4 Å². The Balaban J connectivity index is 1.48. The minimum absolute atomic E-state index is 0.0853. The molecule has 0 radical (unpaired) electrons. The van der Waals surface area contributed by atoms with Gasteiger partial charge in [0.15, 0.2) is 5.11 Å². The second-order valence-corrected chi connectivity index (χ2v) is 6.89. The lowest BCUT2D eigenvalue weighted by atomic mass is 10.2. The molecule has 0 saturated carbocycles. The van der Waals surface area contributed by atoms with E-state index in [-0.39, 0.29) is 5.02 Å². The van der Waals surface area contributed by atoms with Crippen LogP contribution in [-0.4, -0.2) is 24.2 Å². The summed E-state index contributed by atoms with van der Waals surface area (Å²) in [4.78, 5) is 1.55. The zero-order chi connectivity index (χ0) is 16.9. The van der Waals surface area contributed by atoms with E-state index in [0.29, 0.717) is 16.8 Å². The highest BCUT2D eigenvalue weighted by Gasteiger charge is 2.26. The fourth-order valence-electron chi connectivity index (χ4n) is 3.03. The number of halogens is 2. The van der Waals surface area contributed by atoms with Gasteiger partial charge in [-0.3, -0.25) is 0 Å². The van der Waals surface area contributed by atoms with E-state index in [2.05, 4.69) is 34.9 Å². The van der Waals surface area contributed by atoms with Crippen LogP contribution >= 0.6 is 23.8 Å². The topological polar surface area (TPSA) is 28.5 Å². The number of hydrogen-bond acceptors (Lipinski definition) is 1. The summed E-state index contributed by atoms with van der Waals surface area (Å²) in [6, 6.07) is 15.4. The molecule has 1 saturated heterocycles. The van der Waals surface area contributed by atoms with Crippen molar-refractivity contribution in [2.45, 2.75) is 19.0 Å². The summed E-state index contributed by atoms with van der Waals surface area (Å²) in [5, 5.41) is 7.03. The molecule has 1 heterocycles. The van der Waals surface area contributed by atoms with Gasteiger partial charge in [-0.05, 0) is 30.4 Å². The predicted octanol–water partition coefficient (Wildman–Crippen LogP) is 2.62. The number of hydrogen-bond donors (Lipinski definition) is 3. The van der Waals surface area contributed by atoms with Crippen LogP contribution in [0.15, 0.2) is 48.5 Å². The molecule has 0 amide bonds. The van der Waals surface area contributed by atoms with Gasteiger partial charge in [0.25, 0.3) is 0 Å². The highest BCUT2D eigenvalue weighted by atomic mass is 35.5. The van der Waals surface area contributed by atoms with Gasteiger partial charge in [-0.1, -0.05) is 41.9 Å². The smallest absolute Gasteiger partial charge is 0.171 e. The van der Waals surface area contributed by atoms with Crippen LogP contribution in [0.25, 0.3) is 0 Å². The normalized spacial score (nSPS) is 19.9. The van der Waals surface area contributed by atoms with Gasteiger partial charge < -0.3 is 15.5 Å². The van der Waals surface area contributed by atoms with E-state index in [1.54, 1.807) is 11.0 Å². The van der Waals surface area contributed by atoms with Crippen LogP contribution in [-0.2, 0) is 6.54 Å². The third-order valence-electron chi connectivity index (χ3n) is 4.19. The third-order valence-corrected chi connectivity index (χ3v) is 4.70. The van der Waals surface area contributed by atoms with E-state index in [0.717, 1.165) is 26.1 Å². The van der Waals surface area contributed by atoms with Crippen LogP contribution in [0.1, 0.15) is 12.0 Å². The summed E-state index contributed by atoms with van der Waals surface area (Å²) in [5.41, 5.74) is 2.04. The van der Waals surface area contributed by atoms with E-state index >= 15 is 0 Å². The maximum atomic E-state index is 13.2. The molecular weight excluding hydrogens is 345 g/mol. The molecule has 2 atom stereocenters. The predicted molar refractivity (Wildman–Crippen MR) is 100 cm³/mol. The van der Waals surface area contributed by atoms with Crippen molar-refractivity contribution < 1.29 is 9.29 Å². The first-order valence-corrected chi connectivity index (χ1v) is 8.79. The van der Waals surface area contributed by atoms with Crippen LogP contribution in [0.4, 0.5) is 10.1 Å². The Bertz CT molecular complexity index is 711. The molecule has 0 aromatic heterocycles. The number of anilines is 1. The molecule has 0 spiro atoms. The monoisotopic (exact) mass is 364 g/mol. The highest BCUT2D eigenvalue weighted by molar-refractivity contribution is 7.80. The van der Waals surface area contributed by atoms with Crippen LogP contribution in [0.3, 0.4) is 0 Å². The fraction of sp³-hybridized carbons (Fsp3) is 0.278. The summed E-state index contributed by atoms with van der Waals surface area (Å²) in [5.74, 6) is -0.433. The number of benzene rings is 2. The summed E-state index contributed by atoms with van der Waals surface area (Å²) in [6.45, 7) is 3.19. The van der Waals surface area contributed by atoms with E-state index < -0.39 is 5.82 Å². The van der Waals surface area contributed by atoms with Crippen LogP contribution in [0.5, 0.6) is 0 Å². The number of likely N-dealkylation sites (tertiary alicyclic amines) is 1. The number of quaternary nitrogens is 1. The first kappa shape index (κ1) is 17.1. The van der Waals surface area contributed by atoms with Crippen molar-refractivity contribution in [3.8, 4) is 0 Å². The van der Waals surface area contributed by atoms with Gasteiger partial charge in [0.05, 0.1) is 24.2 Å². The van der Waals surface area contributed by atoms with Crippen molar-refractivity contribution in [2.75, 3.05) is 18.4 Å². The van der Waals surface area contributed by atoms with Gasteiger partial charge in [-0.15, -0.1) is 0 Å². The van der Waals surface area contributed by atoms with Crippen molar-refractivity contribution in [3.05, 3.63) is 64.9 Å². The molecule has 2 aromatic carbocycles. The largest absolute Gasteiger partial charge is 0.354 e. The Kier molecular flexibility index (Phi) is 5.66. The minimum atomic E-state index is -0.433. The lowest BCUT2D eigenvalue weighted by Gasteiger charge is -2.16. The zero-order valence-corrected chi connectivity index (χ0v) is 14.8. The zero-order valence-electron chi connectivity index (χ0n) is 13.2. The molecule has 0 bridgehead atoms. The standard InChI is InChI=1S/C18H19ClFN3S/c19-16-10-14(6-7-17(16)20)21-18(24)22-15-8-9-23(12-15)11-13-4-2-1-3-5-13/h1-7,10,15H,8-9,11-12H2,(H2,21,22,24)/p+1/t15-/m1/s1. The van der Waals surface area contributed by atoms with Crippen LogP contribution in [0, 0.1) is 5.82 Å². The van der Waals surface area contributed by atoms with Gasteiger partial charge in [-0.25, -0.2) is 4.39 Å². The first-order chi connectivity index (χ1) is 11.6.